The molecule has 0 saturated carbocycles. The van der Waals surface area contributed by atoms with Gasteiger partial charge in [-0.3, -0.25) is 38.4 Å². The van der Waals surface area contributed by atoms with E-state index in [4.69, 9.17) is 37.9 Å². The Bertz CT molecular complexity index is 2230. The molecular formula is C77H142N6O22. The molecule has 28 nitrogen and oxygen atoms in total. The largest absolute Gasteiger partial charge is 0.480 e. The van der Waals surface area contributed by atoms with Gasteiger partial charge >= 0.3 is 11.9 Å². The van der Waals surface area contributed by atoms with Crippen LogP contribution in [0.4, 0.5) is 0 Å². The monoisotopic (exact) mass is 1500 g/mol. The molecule has 0 saturated heterocycles. The minimum Gasteiger partial charge on any atom is -0.480 e. The number of rotatable bonds is 78. The van der Waals surface area contributed by atoms with Crippen LogP contribution in [0, 0.1) is 0 Å². The highest BCUT2D eigenvalue weighted by Gasteiger charge is 2.22. The average Bonchev–Trinajstić information content (AvgIpc) is 1.03. The maximum Gasteiger partial charge on any atom is 0.326 e. The second-order valence-corrected chi connectivity index (χ2v) is 26.5. The van der Waals surface area contributed by atoms with Crippen LogP contribution in [-0.4, -0.2) is 225 Å². The van der Waals surface area contributed by atoms with E-state index in [0.717, 1.165) is 70.6 Å². The van der Waals surface area contributed by atoms with Gasteiger partial charge in [-0.1, -0.05) is 174 Å². The molecule has 0 rings (SSSR count). The molecule has 0 aliphatic carbocycles. The van der Waals surface area contributed by atoms with E-state index in [1.54, 1.807) is 13.8 Å². The molecule has 0 radical (unpaired) electrons. The molecule has 0 spiro atoms. The summed E-state index contributed by atoms with van der Waals surface area (Å²) in [4.78, 5) is 139. The summed E-state index contributed by atoms with van der Waals surface area (Å²) in [5, 5.41) is 34.7. The number of hydrogen-bond donors (Lipinski definition) is 8. The van der Waals surface area contributed by atoms with Gasteiger partial charge in [0.15, 0.2) is 11.6 Å². The van der Waals surface area contributed by atoms with Gasteiger partial charge in [-0.15, -0.1) is 0 Å². The van der Waals surface area contributed by atoms with Gasteiger partial charge in [0.2, 0.25) is 35.4 Å². The van der Waals surface area contributed by atoms with E-state index in [1.165, 1.54) is 136 Å². The van der Waals surface area contributed by atoms with Gasteiger partial charge in [0.1, 0.15) is 50.1 Å². The SMILES string of the molecule is C.CC(=O)CCCCCCCCCCCCCCCCC(=O)N[C@@H](CCC(=O)NCCOCCOCC(=O)NCCOCCOCC(C)=O)C(=O)O.CC(=O)CCCCCCCCCCCCCCCCCCC(=O)N[C@@H](CCC(=O)NCCOCCOCC(=O)NCCOCCOCC(C)=O)C(=O)O. The third-order valence-electron chi connectivity index (χ3n) is 16.3. The number of unbranched alkanes of at least 4 members (excludes halogenated alkanes) is 28. The Labute approximate surface area is 628 Å². The Morgan fingerprint density at radius 3 is 0.676 bits per heavy atom. The second kappa shape index (κ2) is 79.2. The van der Waals surface area contributed by atoms with Gasteiger partial charge in [-0.25, -0.2) is 9.59 Å². The summed E-state index contributed by atoms with van der Waals surface area (Å²) in [5.41, 5.74) is 0. The Morgan fingerprint density at radius 2 is 0.448 bits per heavy atom. The van der Waals surface area contributed by atoms with Crippen LogP contribution in [0.15, 0.2) is 0 Å². The van der Waals surface area contributed by atoms with Crippen LogP contribution in [-0.2, 0) is 95.4 Å². The highest BCUT2D eigenvalue weighted by Crippen LogP contribution is 2.17. The second-order valence-electron chi connectivity index (χ2n) is 26.5. The quantitative estimate of drug-likeness (QED) is 0.0263. The Hall–Kier alpha value is -5.88. The summed E-state index contributed by atoms with van der Waals surface area (Å²) in [6, 6.07) is -2.24. The van der Waals surface area contributed by atoms with Crippen LogP contribution in [0.2, 0.25) is 0 Å². The zero-order valence-corrected chi connectivity index (χ0v) is 64.2. The standard InChI is InChI=1S/C39H71N3O11.C37H67N3O11.CH4/c1-33(43)19-17-15-13-11-9-7-5-3-4-6-8-10-12-14-16-18-20-37(46)42-35(39(48)49)21-22-36(45)40-23-25-50-28-30-53-32-38(47)41-24-26-51-27-29-52-31-34(2)44;1-31(41)17-15-13-11-9-7-5-3-4-6-8-10-12-14-16-18-35(44)40-33(37(46)47)19-20-34(43)38-21-23-48-26-28-51-30-36(45)39-22-24-49-25-27-50-29-32(2)42;/h35H,3-32H2,1-2H3,(H,40,45)(H,41,47)(H,42,46)(H,48,49);33H,3-30H2,1-2H3,(H,38,43)(H,39,45)(H,40,44)(H,46,47);1H4/t35-;33-;/m00./s1. The van der Waals surface area contributed by atoms with Crippen molar-refractivity contribution < 1.29 is 106 Å². The Kier molecular flexibility index (Phi) is 77.9. The molecule has 0 aliphatic heterocycles. The summed E-state index contributed by atoms with van der Waals surface area (Å²) in [6.45, 7) is 10.3. The van der Waals surface area contributed by atoms with E-state index in [9.17, 15) is 67.7 Å². The average molecular weight is 1500 g/mol. The van der Waals surface area contributed by atoms with E-state index in [1.807, 2.05) is 0 Å². The molecule has 8 N–H and O–H groups in total. The molecule has 0 aromatic rings. The molecule has 0 aromatic carbocycles. The van der Waals surface area contributed by atoms with Gasteiger partial charge in [-0.05, 0) is 66.2 Å². The number of carboxylic acids is 2. The summed E-state index contributed by atoms with van der Waals surface area (Å²) in [7, 11) is 0. The first kappa shape index (κ1) is 103. The number of nitrogens with one attached hydrogen (secondary N) is 6. The maximum absolute atomic E-state index is 12.3. The van der Waals surface area contributed by atoms with Crippen molar-refractivity contribution in [3.05, 3.63) is 0 Å². The summed E-state index contributed by atoms with van der Waals surface area (Å²) >= 11 is 0. The lowest BCUT2D eigenvalue weighted by atomic mass is 10.0. The molecule has 0 heterocycles. The first-order chi connectivity index (χ1) is 50.2. The van der Waals surface area contributed by atoms with Gasteiger partial charge in [0, 0.05) is 64.7 Å². The molecule has 28 heteroatoms. The number of hydrogen-bond acceptors (Lipinski definition) is 20. The first-order valence-electron chi connectivity index (χ1n) is 38.9. The van der Waals surface area contributed by atoms with Crippen LogP contribution in [0.3, 0.4) is 0 Å². The number of ketones is 4. The molecule has 0 aromatic heterocycles. The van der Waals surface area contributed by atoms with Crippen LogP contribution in [0.1, 0.15) is 279 Å². The fraction of sp³-hybridized carbons (Fsp3) is 0.844. The zero-order valence-electron chi connectivity index (χ0n) is 64.2. The minimum atomic E-state index is -1.17. The fourth-order valence-electron chi connectivity index (χ4n) is 10.5. The highest BCUT2D eigenvalue weighted by molar-refractivity contribution is 5.85. The molecule has 2 atom stereocenters. The van der Waals surface area contributed by atoms with Gasteiger partial charge in [0.05, 0.1) is 79.3 Å². The summed E-state index contributed by atoms with van der Waals surface area (Å²) < 4.78 is 41.9. The fourth-order valence-corrected chi connectivity index (χ4v) is 10.5. The topological polar surface area (TPSA) is 391 Å². The molecule has 0 aliphatic rings. The van der Waals surface area contributed by atoms with E-state index in [0.29, 0.717) is 71.4 Å². The van der Waals surface area contributed by atoms with Gasteiger partial charge < -0.3 is 89.6 Å². The maximum atomic E-state index is 12.3. The van der Waals surface area contributed by atoms with Crippen molar-refractivity contribution in [2.75, 3.05) is 132 Å². The molecular weight excluding hydrogens is 1360 g/mol. The lowest BCUT2D eigenvalue weighted by Gasteiger charge is -2.14. The molecule has 0 bridgehead atoms. The van der Waals surface area contributed by atoms with Crippen LogP contribution in [0.25, 0.3) is 0 Å². The first-order valence-corrected chi connectivity index (χ1v) is 38.9. The summed E-state index contributed by atoms with van der Waals surface area (Å²) in [6.07, 6.45) is 36.8. The van der Waals surface area contributed by atoms with Crippen LogP contribution in [0.5, 0.6) is 0 Å². The van der Waals surface area contributed by atoms with Crippen molar-refractivity contribution in [3.63, 3.8) is 0 Å². The Morgan fingerprint density at radius 1 is 0.238 bits per heavy atom. The molecule has 612 valence electrons. The predicted octanol–water partition coefficient (Wildman–Crippen LogP) is 9.53. The number of amides is 6. The van der Waals surface area contributed by atoms with E-state index in [2.05, 4.69) is 31.9 Å². The zero-order chi connectivity index (χ0) is 77.0. The number of carbonyl (C=O) groups is 12. The lowest BCUT2D eigenvalue weighted by Crippen LogP contribution is -2.41. The summed E-state index contributed by atoms with van der Waals surface area (Å²) in [5.74, 6) is -3.73. The van der Waals surface area contributed by atoms with E-state index >= 15 is 0 Å². The van der Waals surface area contributed by atoms with Crippen molar-refractivity contribution in [1.29, 1.82) is 0 Å². The highest BCUT2D eigenvalue weighted by atomic mass is 16.5. The number of ether oxygens (including phenoxy) is 8. The van der Waals surface area contributed by atoms with Crippen molar-refractivity contribution in [1.82, 2.24) is 31.9 Å². The minimum absolute atomic E-state index is 0. The lowest BCUT2D eigenvalue weighted by molar-refractivity contribution is -0.142. The predicted molar refractivity (Wildman–Crippen MR) is 403 cm³/mol. The Balaban J connectivity index is -0.00000196. The smallest absolute Gasteiger partial charge is 0.326 e. The number of Topliss-reactive ketones (excluding diaryl/α,β-unsaturated/α-hetero) is 4. The van der Waals surface area contributed by atoms with Crippen molar-refractivity contribution in [2.24, 2.45) is 0 Å². The molecule has 0 unspecified atom stereocenters. The van der Waals surface area contributed by atoms with Crippen LogP contribution < -0.4 is 31.9 Å². The van der Waals surface area contributed by atoms with E-state index in [-0.39, 0.29) is 178 Å². The third kappa shape index (κ3) is 83.6. The van der Waals surface area contributed by atoms with Crippen molar-refractivity contribution in [2.45, 2.75) is 291 Å². The van der Waals surface area contributed by atoms with Crippen molar-refractivity contribution >= 4 is 70.5 Å². The van der Waals surface area contributed by atoms with Crippen LogP contribution >= 0.6 is 0 Å². The molecule has 105 heavy (non-hydrogen) atoms. The molecule has 6 amide bonds. The number of carboxylic acid groups (broad SMARTS) is 2. The van der Waals surface area contributed by atoms with Gasteiger partial charge in [-0.2, -0.15) is 0 Å². The van der Waals surface area contributed by atoms with Crippen molar-refractivity contribution in [3.8, 4) is 0 Å². The third-order valence-corrected chi connectivity index (χ3v) is 16.3. The van der Waals surface area contributed by atoms with E-state index < -0.39 is 24.0 Å². The normalized spacial score (nSPS) is 11.5. The number of carbonyl (C=O) groups excluding carboxylic acids is 10. The van der Waals surface area contributed by atoms with Gasteiger partial charge in [0.25, 0.3) is 0 Å². The molecule has 0 fully saturated rings. The number of aliphatic carboxylic acids is 2.